The van der Waals surface area contributed by atoms with Gasteiger partial charge in [-0.1, -0.05) is 24.3 Å². The molecule has 1 saturated carbocycles. The van der Waals surface area contributed by atoms with Crippen LogP contribution in [0, 0.1) is 11.6 Å². The number of ether oxygens (including phenoxy) is 1. The molecule has 2 aromatic rings. The van der Waals surface area contributed by atoms with Gasteiger partial charge < -0.3 is 20.5 Å². The van der Waals surface area contributed by atoms with Crippen LogP contribution < -0.4 is 10.6 Å². The zero-order valence-electron chi connectivity index (χ0n) is 18.9. The number of halogens is 2. The van der Waals surface area contributed by atoms with Crippen LogP contribution in [-0.2, 0) is 21.5 Å². The lowest BCUT2D eigenvalue weighted by molar-refractivity contribution is -0.120. The fourth-order valence-electron chi connectivity index (χ4n) is 4.70. The quantitative estimate of drug-likeness (QED) is 0.533. The monoisotopic (exact) mass is 458 g/mol. The van der Waals surface area contributed by atoms with Crippen molar-refractivity contribution < 1.29 is 23.4 Å². The third-order valence-corrected chi connectivity index (χ3v) is 6.62. The lowest BCUT2D eigenvalue weighted by Crippen LogP contribution is -2.49. The molecule has 1 amide bonds. The molecule has 7 heteroatoms. The molecule has 1 unspecified atom stereocenters. The highest BCUT2D eigenvalue weighted by Crippen LogP contribution is 2.46. The van der Waals surface area contributed by atoms with Crippen LogP contribution in [-0.4, -0.2) is 36.3 Å². The maximum Gasteiger partial charge on any atom is 0.217 e. The van der Waals surface area contributed by atoms with Gasteiger partial charge in [0, 0.05) is 31.7 Å². The van der Waals surface area contributed by atoms with Gasteiger partial charge in [-0.15, -0.1) is 0 Å². The van der Waals surface area contributed by atoms with Gasteiger partial charge in [-0.2, -0.15) is 0 Å². The molecule has 178 valence electrons. The summed E-state index contributed by atoms with van der Waals surface area (Å²) >= 11 is 0. The van der Waals surface area contributed by atoms with Crippen molar-refractivity contribution >= 4 is 5.91 Å². The summed E-state index contributed by atoms with van der Waals surface area (Å²) in [5.41, 5.74) is 2.53. The summed E-state index contributed by atoms with van der Waals surface area (Å²) in [6.45, 7) is 2.40. The number of hydrogen-bond acceptors (Lipinski definition) is 4. The first-order valence-electron chi connectivity index (χ1n) is 11.7. The molecule has 2 aliphatic rings. The minimum atomic E-state index is -0.928. The van der Waals surface area contributed by atoms with Crippen LogP contribution in [0.4, 0.5) is 8.78 Å². The van der Waals surface area contributed by atoms with Crippen molar-refractivity contribution in [1.29, 1.82) is 0 Å². The molecule has 0 bridgehead atoms. The maximum atomic E-state index is 13.6. The van der Waals surface area contributed by atoms with Crippen molar-refractivity contribution in [2.24, 2.45) is 0 Å². The Bertz CT molecular complexity index is 954. The molecule has 1 aliphatic carbocycles. The smallest absolute Gasteiger partial charge is 0.217 e. The number of carbonyl (C=O) groups excluding carboxylic acids is 1. The first-order valence-corrected chi connectivity index (χ1v) is 11.7. The maximum absolute atomic E-state index is 13.6. The van der Waals surface area contributed by atoms with Crippen LogP contribution in [0.25, 0.3) is 0 Å². The Morgan fingerprint density at radius 3 is 2.58 bits per heavy atom. The first kappa shape index (κ1) is 23.8. The van der Waals surface area contributed by atoms with Gasteiger partial charge in [0.15, 0.2) is 0 Å². The van der Waals surface area contributed by atoms with E-state index in [2.05, 4.69) is 34.9 Å². The molecular weight excluding hydrogens is 426 g/mol. The largest absolute Gasteiger partial charge is 0.390 e. The average Bonchev–Trinajstić information content (AvgIpc) is 3.58. The number of rotatable bonds is 9. The number of aliphatic hydroxyl groups is 1. The van der Waals surface area contributed by atoms with Gasteiger partial charge in [0.25, 0.3) is 0 Å². The zero-order chi connectivity index (χ0) is 23.4. The summed E-state index contributed by atoms with van der Waals surface area (Å²) in [7, 11) is 0. The Kier molecular flexibility index (Phi) is 7.41. The minimum Gasteiger partial charge on any atom is -0.390 e. The lowest BCUT2D eigenvalue weighted by atomic mass is 9.95. The molecule has 2 aromatic carbocycles. The zero-order valence-corrected chi connectivity index (χ0v) is 18.9. The molecule has 33 heavy (non-hydrogen) atoms. The molecule has 4 rings (SSSR count). The molecule has 1 saturated heterocycles. The summed E-state index contributed by atoms with van der Waals surface area (Å²) in [6.07, 6.45) is 4.55. The van der Waals surface area contributed by atoms with Gasteiger partial charge in [0.1, 0.15) is 11.6 Å². The molecule has 2 fully saturated rings. The van der Waals surface area contributed by atoms with Crippen molar-refractivity contribution in [3.63, 3.8) is 0 Å². The number of carbonyl (C=O) groups is 1. The molecule has 0 aromatic heterocycles. The van der Waals surface area contributed by atoms with E-state index >= 15 is 0 Å². The van der Waals surface area contributed by atoms with E-state index in [1.165, 1.54) is 36.6 Å². The summed E-state index contributed by atoms with van der Waals surface area (Å²) in [5.74, 6) is -1.67. The van der Waals surface area contributed by atoms with Crippen molar-refractivity contribution in [3.8, 4) is 0 Å². The van der Waals surface area contributed by atoms with E-state index in [4.69, 9.17) is 4.74 Å². The van der Waals surface area contributed by atoms with E-state index in [0.29, 0.717) is 5.56 Å². The molecule has 1 heterocycles. The van der Waals surface area contributed by atoms with Crippen molar-refractivity contribution in [2.45, 2.75) is 69.2 Å². The number of amides is 1. The average molecular weight is 459 g/mol. The fraction of sp³-hybridized carbons (Fsp3) is 0.500. The van der Waals surface area contributed by atoms with Crippen molar-refractivity contribution in [1.82, 2.24) is 10.6 Å². The molecule has 3 atom stereocenters. The Morgan fingerprint density at radius 2 is 1.94 bits per heavy atom. The highest BCUT2D eigenvalue weighted by atomic mass is 19.1. The van der Waals surface area contributed by atoms with E-state index in [9.17, 15) is 18.7 Å². The number of nitrogens with one attached hydrogen (secondary N) is 2. The Balaban J connectivity index is 1.42. The Labute approximate surface area is 193 Å². The standard InChI is InChI=1S/C26H32F2N2O3/c1-17(31)30-23(13-18-11-21(27)15-22(28)12-18)24(32)16-29-26(8-9-26)20-6-4-5-19(14-20)25-7-2-3-10-33-25/h4-6,11-12,14-15,23-25,29,32H,2-3,7-10,13,16H2,1H3,(H,30,31)/t23-,24+,25?/m0/s1. The second-order valence-electron chi connectivity index (χ2n) is 9.30. The second-order valence-corrected chi connectivity index (χ2v) is 9.30. The molecule has 1 aliphatic heterocycles. The normalized spacial score (nSPS) is 21.3. The molecular formula is C26H32F2N2O3. The highest BCUT2D eigenvalue weighted by molar-refractivity contribution is 5.73. The van der Waals surface area contributed by atoms with Crippen LogP contribution in [0.2, 0.25) is 0 Å². The number of benzene rings is 2. The van der Waals surface area contributed by atoms with Gasteiger partial charge >= 0.3 is 0 Å². The van der Waals surface area contributed by atoms with E-state index in [-0.39, 0.29) is 30.5 Å². The summed E-state index contributed by atoms with van der Waals surface area (Å²) < 4.78 is 33.1. The van der Waals surface area contributed by atoms with Crippen LogP contribution in [0.3, 0.4) is 0 Å². The topological polar surface area (TPSA) is 70.6 Å². The van der Waals surface area contributed by atoms with E-state index in [0.717, 1.165) is 38.4 Å². The second kappa shape index (κ2) is 10.3. The summed E-state index contributed by atoms with van der Waals surface area (Å²) in [6, 6.07) is 11.0. The Hall–Kier alpha value is -2.35. The third kappa shape index (κ3) is 6.16. The lowest BCUT2D eigenvalue weighted by Gasteiger charge is -2.28. The van der Waals surface area contributed by atoms with Gasteiger partial charge in [0.2, 0.25) is 5.91 Å². The van der Waals surface area contributed by atoms with Crippen molar-refractivity contribution in [2.75, 3.05) is 13.2 Å². The summed E-state index contributed by atoms with van der Waals surface area (Å²) in [4.78, 5) is 11.7. The van der Waals surface area contributed by atoms with E-state index < -0.39 is 23.8 Å². The molecule has 5 nitrogen and oxygen atoms in total. The van der Waals surface area contributed by atoms with Crippen LogP contribution in [0.5, 0.6) is 0 Å². The number of aliphatic hydroxyl groups excluding tert-OH is 1. The number of hydrogen-bond donors (Lipinski definition) is 3. The predicted octanol–water partition coefficient (Wildman–Crippen LogP) is 3.89. The van der Waals surface area contributed by atoms with Crippen LogP contribution >= 0.6 is 0 Å². The van der Waals surface area contributed by atoms with Crippen molar-refractivity contribution in [3.05, 3.63) is 70.8 Å². The van der Waals surface area contributed by atoms with Crippen LogP contribution in [0.15, 0.2) is 42.5 Å². The van der Waals surface area contributed by atoms with Gasteiger partial charge in [-0.05, 0) is 67.3 Å². The van der Waals surface area contributed by atoms with Crippen LogP contribution in [0.1, 0.15) is 61.8 Å². The fourth-order valence-corrected chi connectivity index (χ4v) is 4.70. The molecule has 0 spiro atoms. The van der Waals surface area contributed by atoms with Gasteiger partial charge in [-0.25, -0.2) is 8.78 Å². The van der Waals surface area contributed by atoms with Gasteiger partial charge in [0.05, 0.1) is 18.2 Å². The molecule has 0 radical (unpaired) electrons. The van der Waals surface area contributed by atoms with E-state index in [1.54, 1.807) is 0 Å². The first-order chi connectivity index (χ1) is 15.8. The third-order valence-electron chi connectivity index (χ3n) is 6.62. The highest BCUT2D eigenvalue weighted by Gasteiger charge is 2.44. The van der Waals surface area contributed by atoms with E-state index in [1.807, 2.05) is 0 Å². The van der Waals surface area contributed by atoms with Gasteiger partial charge in [-0.3, -0.25) is 4.79 Å². The summed E-state index contributed by atoms with van der Waals surface area (Å²) in [5, 5.41) is 17.1. The SMILES string of the molecule is CC(=O)N[C@@H](Cc1cc(F)cc(F)c1)[C@H](O)CNC1(c2cccc(C3CCCCO3)c2)CC1. The Morgan fingerprint density at radius 1 is 1.18 bits per heavy atom. The minimum absolute atomic E-state index is 0.124. The molecule has 3 N–H and O–H groups in total. The predicted molar refractivity (Wildman–Crippen MR) is 122 cm³/mol.